The van der Waals surface area contributed by atoms with Crippen molar-refractivity contribution in [3.8, 4) is 0 Å². The number of piperidine rings is 1. The Bertz CT molecular complexity index is 1090. The van der Waals surface area contributed by atoms with Crippen LogP contribution in [0.1, 0.15) is 12.8 Å². The molecule has 10 heteroatoms. The highest BCUT2D eigenvalue weighted by Crippen LogP contribution is 2.26. The SMILES string of the molecule is O=C(CNC(=O)C1CCN(c2nc3ccccc3o2)CC1)Nc1ccc(F)c(F)c1F. The molecule has 1 aliphatic rings. The molecule has 1 saturated heterocycles. The predicted octanol–water partition coefficient (Wildman–Crippen LogP) is 3.22. The second kappa shape index (κ2) is 8.66. The fraction of sp³-hybridized carbons (Fsp3) is 0.286. The molecule has 0 atom stereocenters. The first-order valence-corrected chi connectivity index (χ1v) is 9.74. The summed E-state index contributed by atoms with van der Waals surface area (Å²) in [5.41, 5.74) is 0.964. The van der Waals surface area contributed by atoms with E-state index in [2.05, 4.69) is 15.6 Å². The Balaban J connectivity index is 1.26. The van der Waals surface area contributed by atoms with Crippen molar-refractivity contribution in [3.05, 3.63) is 53.8 Å². The van der Waals surface area contributed by atoms with Crippen LogP contribution >= 0.6 is 0 Å². The van der Waals surface area contributed by atoms with E-state index in [0.717, 1.165) is 11.6 Å². The van der Waals surface area contributed by atoms with Gasteiger partial charge in [-0.15, -0.1) is 0 Å². The lowest BCUT2D eigenvalue weighted by molar-refractivity contribution is -0.127. The Kier molecular flexibility index (Phi) is 5.79. The summed E-state index contributed by atoms with van der Waals surface area (Å²) >= 11 is 0. The van der Waals surface area contributed by atoms with Gasteiger partial charge in [0.1, 0.15) is 5.52 Å². The molecule has 1 aromatic heterocycles. The molecule has 7 nitrogen and oxygen atoms in total. The van der Waals surface area contributed by atoms with Crippen LogP contribution in [0.25, 0.3) is 11.1 Å². The van der Waals surface area contributed by atoms with E-state index in [1.165, 1.54) is 0 Å². The van der Waals surface area contributed by atoms with E-state index >= 15 is 0 Å². The molecule has 0 unspecified atom stereocenters. The van der Waals surface area contributed by atoms with Crippen molar-refractivity contribution >= 4 is 34.6 Å². The van der Waals surface area contributed by atoms with Gasteiger partial charge in [-0.25, -0.2) is 13.2 Å². The van der Waals surface area contributed by atoms with E-state index in [-0.39, 0.29) is 11.8 Å². The number of fused-ring (bicyclic) bond motifs is 1. The van der Waals surface area contributed by atoms with Crippen molar-refractivity contribution in [1.82, 2.24) is 10.3 Å². The predicted molar refractivity (Wildman–Crippen MR) is 107 cm³/mol. The number of amides is 2. The molecule has 3 aromatic rings. The van der Waals surface area contributed by atoms with E-state index in [1.807, 2.05) is 29.2 Å². The maximum atomic E-state index is 13.6. The van der Waals surface area contributed by atoms with E-state index in [4.69, 9.17) is 4.42 Å². The zero-order chi connectivity index (χ0) is 22.0. The Morgan fingerprint density at radius 2 is 1.81 bits per heavy atom. The van der Waals surface area contributed by atoms with E-state index < -0.39 is 35.6 Å². The van der Waals surface area contributed by atoms with Crippen LogP contribution in [0.3, 0.4) is 0 Å². The van der Waals surface area contributed by atoms with Crippen LogP contribution in [0.2, 0.25) is 0 Å². The zero-order valence-electron chi connectivity index (χ0n) is 16.3. The molecule has 0 aliphatic carbocycles. The maximum absolute atomic E-state index is 13.6. The largest absolute Gasteiger partial charge is 0.423 e. The van der Waals surface area contributed by atoms with Crippen LogP contribution in [-0.2, 0) is 9.59 Å². The van der Waals surface area contributed by atoms with E-state index in [1.54, 1.807) is 0 Å². The second-order valence-corrected chi connectivity index (χ2v) is 7.21. The lowest BCUT2D eigenvalue weighted by atomic mass is 9.96. The summed E-state index contributed by atoms with van der Waals surface area (Å²) in [6, 6.07) is 9.57. The Morgan fingerprint density at radius 3 is 2.55 bits per heavy atom. The highest BCUT2D eigenvalue weighted by atomic mass is 19.2. The van der Waals surface area contributed by atoms with Crippen LogP contribution in [0.15, 0.2) is 40.8 Å². The summed E-state index contributed by atoms with van der Waals surface area (Å²) in [4.78, 5) is 30.7. The molecule has 1 fully saturated rings. The molecular weight excluding hydrogens is 413 g/mol. The number of nitrogens with one attached hydrogen (secondary N) is 2. The zero-order valence-corrected chi connectivity index (χ0v) is 16.3. The minimum atomic E-state index is -1.67. The highest BCUT2D eigenvalue weighted by Gasteiger charge is 2.27. The summed E-state index contributed by atoms with van der Waals surface area (Å²) < 4.78 is 45.5. The van der Waals surface area contributed by atoms with Gasteiger partial charge >= 0.3 is 0 Å². The minimum absolute atomic E-state index is 0.298. The van der Waals surface area contributed by atoms with Gasteiger partial charge in [0.2, 0.25) is 11.8 Å². The van der Waals surface area contributed by atoms with Crippen molar-refractivity contribution in [2.75, 3.05) is 29.9 Å². The van der Waals surface area contributed by atoms with Gasteiger partial charge in [0.25, 0.3) is 6.01 Å². The van der Waals surface area contributed by atoms with Crippen LogP contribution in [0.4, 0.5) is 24.9 Å². The Labute approximate surface area is 175 Å². The molecule has 31 heavy (non-hydrogen) atoms. The number of halogens is 3. The molecule has 2 N–H and O–H groups in total. The first-order valence-electron chi connectivity index (χ1n) is 9.74. The number of nitrogens with zero attached hydrogens (tertiary/aromatic N) is 2. The van der Waals surface area contributed by atoms with Crippen LogP contribution < -0.4 is 15.5 Å². The van der Waals surface area contributed by atoms with Gasteiger partial charge < -0.3 is 20.0 Å². The summed E-state index contributed by atoms with van der Waals surface area (Å²) in [5, 5.41) is 4.61. The summed E-state index contributed by atoms with van der Waals surface area (Å²) in [6.07, 6.45) is 1.09. The Hall–Kier alpha value is -3.56. The van der Waals surface area contributed by atoms with Crippen molar-refractivity contribution in [1.29, 1.82) is 0 Å². The third-order valence-electron chi connectivity index (χ3n) is 5.15. The van der Waals surface area contributed by atoms with Gasteiger partial charge in [0.05, 0.1) is 12.2 Å². The van der Waals surface area contributed by atoms with Crippen molar-refractivity contribution in [2.24, 2.45) is 5.92 Å². The molecule has 0 saturated carbocycles. The number of hydrogen-bond acceptors (Lipinski definition) is 5. The number of aromatic nitrogens is 1. The molecule has 162 valence electrons. The molecule has 2 heterocycles. The van der Waals surface area contributed by atoms with Crippen molar-refractivity contribution in [3.63, 3.8) is 0 Å². The molecule has 2 amide bonds. The number of benzene rings is 2. The second-order valence-electron chi connectivity index (χ2n) is 7.21. The fourth-order valence-electron chi connectivity index (χ4n) is 3.46. The molecule has 0 spiro atoms. The number of rotatable bonds is 5. The number of carbonyl (C=O) groups excluding carboxylic acids is 2. The van der Waals surface area contributed by atoms with Gasteiger partial charge in [0, 0.05) is 19.0 Å². The normalized spacial score (nSPS) is 14.6. The Morgan fingerprint density at radius 1 is 1.06 bits per heavy atom. The molecule has 0 bridgehead atoms. The highest BCUT2D eigenvalue weighted by molar-refractivity contribution is 5.95. The molecule has 0 radical (unpaired) electrons. The molecule has 2 aromatic carbocycles. The quantitative estimate of drug-likeness (QED) is 0.605. The van der Waals surface area contributed by atoms with Crippen LogP contribution in [0.5, 0.6) is 0 Å². The van der Waals surface area contributed by atoms with Crippen molar-refractivity contribution in [2.45, 2.75) is 12.8 Å². The van der Waals surface area contributed by atoms with Crippen LogP contribution in [0, 0.1) is 23.4 Å². The van der Waals surface area contributed by atoms with Gasteiger partial charge in [-0.2, -0.15) is 4.98 Å². The molecular formula is C21H19F3N4O3. The standard InChI is InChI=1S/C21H19F3N4O3/c22-13-5-6-15(19(24)18(13)23)26-17(29)11-25-20(30)12-7-9-28(10-8-12)21-27-14-3-1-2-4-16(14)31-21/h1-6,12H,7-11H2,(H,25,30)(H,26,29). The number of anilines is 2. The van der Waals surface area contributed by atoms with Gasteiger partial charge in [0.15, 0.2) is 23.0 Å². The number of oxazole rings is 1. The van der Waals surface area contributed by atoms with Gasteiger partial charge in [-0.1, -0.05) is 12.1 Å². The third kappa shape index (κ3) is 4.47. The molecule has 1 aliphatic heterocycles. The number of hydrogen-bond donors (Lipinski definition) is 2. The molecule has 4 rings (SSSR count). The lowest BCUT2D eigenvalue weighted by Gasteiger charge is -2.30. The number of para-hydroxylation sites is 2. The lowest BCUT2D eigenvalue weighted by Crippen LogP contribution is -2.42. The van der Waals surface area contributed by atoms with E-state index in [9.17, 15) is 22.8 Å². The average Bonchev–Trinajstić information content (AvgIpc) is 3.22. The van der Waals surface area contributed by atoms with Crippen molar-refractivity contribution < 1.29 is 27.2 Å². The number of carbonyl (C=O) groups is 2. The monoisotopic (exact) mass is 432 g/mol. The first kappa shape index (κ1) is 20.7. The third-order valence-corrected chi connectivity index (χ3v) is 5.15. The van der Waals surface area contributed by atoms with Gasteiger partial charge in [-0.3, -0.25) is 9.59 Å². The topological polar surface area (TPSA) is 87.5 Å². The fourth-order valence-corrected chi connectivity index (χ4v) is 3.46. The van der Waals surface area contributed by atoms with E-state index in [0.29, 0.717) is 43.6 Å². The smallest absolute Gasteiger partial charge is 0.298 e. The maximum Gasteiger partial charge on any atom is 0.298 e. The van der Waals surface area contributed by atoms with Gasteiger partial charge in [-0.05, 0) is 37.1 Å². The average molecular weight is 432 g/mol. The summed E-state index contributed by atoms with van der Waals surface area (Å²) in [7, 11) is 0. The first-order chi connectivity index (χ1) is 14.9. The summed E-state index contributed by atoms with van der Waals surface area (Å²) in [6.45, 7) is 0.719. The minimum Gasteiger partial charge on any atom is -0.423 e. The van der Waals surface area contributed by atoms with Crippen LogP contribution in [-0.4, -0.2) is 36.4 Å². The summed E-state index contributed by atoms with van der Waals surface area (Å²) in [5.74, 6) is -5.87.